The average Bonchev–Trinajstić information content (AvgIpc) is 3.10. The highest BCUT2D eigenvalue weighted by molar-refractivity contribution is 7.44. The molecule has 0 saturated heterocycles. The molecule has 0 radical (unpaired) electrons. The summed E-state index contributed by atoms with van der Waals surface area (Å²) >= 11 is 0. The van der Waals surface area contributed by atoms with E-state index in [2.05, 4.69) is 15.7 Å². The molecule has 0 saturated carbocycles. The number of anilines is 1. The molecule has 0 aliphatic rings. The molecule has 1 atom stereocenters. The molecule has 0 aliphatic carbocycles. The maximum absolute atomic E-state index is 10.8. The summed E-state index contributed by atoms with van der Waals surface area (Å²) in [4.78, 5) is 19.5. The summed E-state index contributed by atoms with van der Waals surface area (Å²) in [5, 5.41) is 12.8. The van der Waals surface area contributed by atoms with Crippen LogP contribution in [0.1, 0.15) is 16.8 Å². The Morgan fingerprint density at radius 2 is 2.04 bits per heavy atom. The fourth-order valence-electron chi connectivity index (χ4n) is 2.62. The summed E-state index contributed by atoms with van der Waals surface area (Å²) in [5.41, 5.74) is 9.20. The van der Waals surface area contributed by atoms with Crippen molar-refractivity contribution < 1.29 is 28.0 Å². The van der Waals surface area contributed by atoms with Gasteiger partial charge in [0.05, 0.1) is 24.4 Å². The summed E-state index contributed by atoms with van der Waals surface area (Å²) < 4.78 is 21.8. The minimum atomic E-state index is -4.86. The third-order valence-corrected chi connectivity index (χ3v) is 4.43. The second-order valence-corrected chi connectivity index (χ2v) is 7.21. The summed E-state index contributed by atoms with van der Waals surface area (Å²) in [6.45, 7) is -0.465. The smallest absolute Gasteiger partial charge is 0.285 e. The molecule has 0 aliphatic heterocycles. The highest BCUT2D eigenvalue weighted by Crippen LogP contribution is 2.30. The van der Waals surface area contributed by atoms with Crippen LogP contribution in [0.4, 0.5) is 5.82 Å². The van der Waals surface area contributed by atoms with Gasteiger partial charge in [-0.2, -0.15) is 5.26 Å². The van der Waals surface area contributed by atoms with E-state index in [0.717, 1.165) is 11.1 Å². The van der Waals surface area contributed by atoms with Gasteiger partial charge in [0.1, 0.15) is 5.56 Å². The zero-order valence-corrected chi connectivity index (χ0v) is 15.6. The Morgan fingerprint density at radius 3 is 2.71 bits per heavy atom. The van der Waals surface area contributed by atoms with Crippen molar-refractivity contribution >= 4 is 13.6 Å². The number of nitrogens with two attached hydrogens (primary N) is 1. The van der Waals surface area contributed by atoms with E-state index >= 15 is 0 Å². The maximum Gasteiger partial charge on any atom is 0.285 e. The van der Waals surface area contributed by atoms with Crippen LogP contribution in [0.5, 0.6) is 0 Å². The number of aromatic nitrogens is 2. The fourth-order valence-corrected chi connectivity index (χ4v) is 2.89. The van der Waals surface area contributed by atoms with Crippen LogP contribution in [0.3, 0.4) is 0 Å². The highest BCUT2D eigenvalue weighted by atomic mass is 31.2. The van der Waals surface area contributed by atoms with Crippen LogP contribution in [-0.2, 0) is 28.7 Å². The first kappa shape index (κ1) is 19.7. The van der Waals surface area contributed by atoms with Gasteiger partial charge in [-0.25, -0.2) is 4.57 Å². The van der Waals surface area contributed by atoms with E-state index in [9.17, 15) is 9.46 Å². The van der Waals surface area contributed by atoms with Gasteiger partial charge < -0.3 is 14.3 Å². The highest BCUT2D eigenvalue weighted by Gasteiger charge is 2.18. The van der Waals surface area contributed by atoms with Gasteiger partial charge in [0.25, 0.3) is 13.6 Å². The molecular formula is C18H17N4O5P. The van der Waals surface area contributed by atoms with Crippen molar-refractivity contribution in [3.63, 3.8) is 0 Å². The average molecular weight is 400 g/mol. The lowest BCUT2D eigenvalue weighted by Crippen LogP contribution is -2.38. The van der Waals surface area contributed by atoms with E-state index in [1.165, 1.54) is 10.8 Å². The molecule has 0 amide bonds. The van der Waals surface area contributed by atoms with E-state index in [1.807, 2.05) is 24.3 Å². The van der Waals surface area contributed by atoms with Crippen molar-refractivity contribution in [2.45, 2.75) is 19.6 Å². The number of hydrogen-bond acceptors (Lipinski definition) is 7. The van der Waals surface area contributed by atoms with Crippen molar-refractivity contribution in [2.75, 3.05) is 5.73 Å². The second kappa shape index (κ2) is 8.33. The molecule has 1 unspecified atom stereocenters. The van der Waals surface area contributed by atoms with Crippen LogP contribution in [0.25, 0.3) is 11.3 Å². The monoisotopic (exact) mass is 400 g/mol. The first-order valence-electron chi connectivity index (χ1n) is 8.23. The molecule has 28 heavy (non-hydrogen) atoms. The SMILES string of the molecule is N#CCc1ccc(Cc2cc(-c3ccc[n+](COP(=O)([O-])O)c3N)on2)cc1. The van der Waals surface area contributed by atoms with Gasteiger partial charge in [-0.3, -0.25) is 14.8 Å². The molecule has 2 heterocycles. The molecule has 0 fully saturated rings. The summed E-state index contributed by atoms with van der Waals surface area (Å²) in [7, 11) is -4.86. The number of rotatable bonds is 7. The van der Waals surface area contributed by atoms with Crippen LogP contribution in [0, 0.1) is 11.3 Å². The molecule has 0 bridgehead atoms. The predicted molar refractivity (Wildman–Crippen MR) is 96.0 cm³/mol. The molecule has 1 aromatic carbocycles. The molecule has 3 rings (SSSR count). The normalized spacial score (nSPS) is 13.0. The minimum Gasteiger partial charge on any atom is -0.756 e. The standard InChI is InChI=1S/C18H17N4O5P/c19-8-7-13-3-5-14(6-4-13)10-15-11-17(27-21-15)16-2-1-9-22(18(16)20)12-26-28(23,24)25/h1-6,9,11,20H,7,10,12H2,(H2,23,24,25). The lowest BCUT2D eigenvalue weighted by molar-refractivity contribution is -0.712. The Morgan fingerprint density at radius 1 is 1.32 bits per heavy atom. The lowest BCUT2D eigenvalue weighted by Gasteiger charge is -2.14. The maximum atomic E-state index is 10.8. The van der Waals surface area contributed by atoms with Crippen LogP contribution in [0.15, 0.2) is 53.2 Å². The Labute approximate surface area is 160 Å². The van der Waals surface area contributed by atoms with Gasteiger partial charge in [-0.05, 0) is 23.3 Å². The van der Waals surface area contributed by atoms with Crippen molar-refractivity contribution in [1.29, 1.82) is 5.26 Å². The fraction of sp³-hybridized carbons (Fsp3) is 0.167. The summed E-state index contributed by atoms with van der Waals surface area (Å²) in [6, 6.07) is 14.8. The number of pyridine rings is 1. The van der Waals surface area contributed by atoms with Gasteiger partial charge in [-0.15, -0.1) is 0 Å². The number of nitrogen functional groups attached to an aromatic ring is 1. The molecule has 9 nitrogen and oxygen atoms in total. The molecule has 144 valence electrons. The Balaban J connectivity index is 1.76. The number of hydrogen-bond donors (Lipinski definition) is 2. The quantitative estimate of drug-likeness (QED) is 0.445. The Bertz CT molecular complexity index is 1050. The zero-order chi connectivity index (χ0) is 20.1. The number of phosphoric acid groups is 1. The van der Waals surface area contributed by atoms with Gasteiger partial charge >= 0.3 is 0 Å². The van der Waals surface area contributed by atoms with Crippen LogP contribution in [0.2, 0.25) is 0 Å². The number of benzene rings is 1. The summed E-state index contributed by atoms with van der Waals surface area (Å²) in [5.74, 6) is 0.608. The zero-order valence-electron chi connectivity index (χ0n) is 14.7. The van der Waals surface area contributed by atoms with Crippen molar-refractivity contribution in [3.05, 3.63) is 65.5 Å². The van der Waals surface area contributed by atoms with Gasteiger partial charge in [0.2, 0.25) is 0 Å². The van der Waals surface area contributed by atoms with E-state index < -0.39 is 14.6 Å². The summed E-state index contributed by atoms with van der Waals surface area (Å²) in [6.07, 6.45) is 2.41. The molecule has 3 N–H and O–H groups in total. The molecule has 2 aromatic heterocycles. The van der Waals surface area contributed by atoms with Crippen LogP contribution in [-0.4, -0.2) is 10.1 Å². The topological polar surface area (TPSA) is 149 Å². The largest absolute Gasteiger partial charge is 0.756 e. The van der Waals surface area contributed by atoms with E-state index in [4.69, 9.17) is 20.4 Å². The third-order valence-electron chi connectivity index (χ3n) is 3.99. The first-order chi connectivity index (χ1) is 13.4. The molecule has 0 spiro atoms. The minimum absolute atomic E-state index is 0.194. The molecule has 3 aromatic rings. The Hall–Kier alpha value is -3.02. The Kier molecular flexibility index (Phi) is 5.87. The number of nitrogens with zero attached hydrogens (tertiary/aromatic N) is 3. The van der Waals surface area contributed by atoms with Crippen LogP contribution >= 0.6 is 7.82 Å². The second-order valence-electron chi connectivity index (χ2n) is 6.01. The van der Waals surface area contributed by atoms with Crippen molar-refractivity contribution in [2.24, 2.45) is 0 Å². The number of phosphoric ester groups is 1. The van der Waals surface area contributed by atoms with Gasteiger partial charge in [-0.1, -0.05) is 29.4 Å². The molecule has 10 heteroatoms. The lowest BCUT2D eigenvalue weighted by atomic mass is 10.1. The van der Waals surface area contributed by atoms with E-state index in [-0.39, 0.29) is 5.82 Å². The van der Waals surface area contributed by atoms with Crippen molar-refractivity contribution in [1.82, 2.24) is 5.16 Å². The van der Waals surface area contributed by atoms with Crippen molar-refractivity contribution in [3.8, 4) is 17.4 Å². The van der Waals surface area contributed by atoms with E-state index in [1.54, 1.807) is 18.2 Å². The predicted octanol–water partition coefficient (Wildman–Crippen LogP) is 1.30. The van der Waals surface area contributed by atoms with Crippen LogP contribution < -0.4 is 15.2 Å². The first-order valence-corrected chi connectivity index (χ1v) is 9.72. The van der Waals surface area contributed by atoms with Gasteiger partial charge in [0.15, 0.2) is 12.5 Å². The van der Waals surface area contributed by atoms with Gasteiger partial charge in [0, 0.05) is 12.5 Å². The third kappa shape index (κ3) is 5.03. The molecular weight excluding hydrogens is 383 g/mol. The number of nitriles is 1. The van der Waals surface area contributed by atoms with E-state index in [0.29, 0.717) is 29.9 Å².